The van der Waals surface area contributed by atoms with Crippen molar-refractivity contribution in [1.82, 2.24) is 9.88 Å². The second-order valence-electron chi connectivity index (χ2n) is 7.05. The number of pyridine rings is 1. The van der Waals surface area contributed by atoms with Crippen LogP contribution in [0.5, 0.6) is 0 Å². The Hall–Kier alpha value is -2.41. The van der Waals surface area contributed by atoms with Crippen molar-refractivity contribution in [2.24, 2.45) is 0 Å². The largest absolute Gasteiger partial charge is 0.418 e. The summed E-state index contributed by atoms with van der Waals surface area (Å²) in [4.78, 5) is 18.3. The maximum absolute atomic E-state index is 13.2. The molecule has 4 rings (SSSR count). The molecule has 27 heavy (non-hydrogen) atoms. The fraction of sp³-hybridized carbons (Fsp3) is 0.400. The molecule has 0 N–H and O–H groups in total. The lowest BCUT2D eigenvalue weighted by Crippen LogP contribution is -2.53. The van der Waals surface area contributed by atoms with Crippen molar-refractivity contribution in [3.8, 4) is 11.3 Å². The van der Waals surface area contributed by atoms with E-state index in [0.29, 0.717) is 24.2 Å². The van der Waals surface area contributed by atoms with E-state index in [-0.39, 0.29) is 17.2 Å². The van der Waals surface area contributed by atoms with E-state index in [1.165, 1.54) is 24.4 Å². The normalized spacial score (nSPS) is 19.0. The molecule has 2 aliphatic rings. The van der Waals surface area contributed by atoms with Gasteiger partial charge in [-0.1, -0.05) is 12.1 Å². The van der Waals surface area contributed by atoms with Crippen LogP contribution in [0.1, 0.15) is 35.2 Å². The molecule has 0 radical (unpaired) electrons. The number of halogens is 3. The molecule has 2 aliphatic heterocycles. The number of carbonyl (C=O) groups is 1. The van der Waals surface area contributed by atoms with Crippen molar-refractivity contribution in [3.05, 3.63) is 53.7 Å². The first kappa shape index (κ1) is 18.0. The van der Waals surface area contributed by atoms with Gasteiger partial charge in [-0.15, -0.1) is 0 Å². The van der Waals surface area contributed by atoms with Gasteiger partial charge in [0.1, 0.15) is 0 Å². The van der Waals surface area contributed by atoms with Crippen molar-refractivity contribution in [2.75, 3.05) is 19.7 Å². The van der Waals surface area contributed by atoms with Crippen LogP contribution in [0.25, 0.3) is 11.3 Å². The quantitative estimate of drug-likeness (QED) is 0.790. The monoisotopic (exact) mass is 376 g/mol. The van der Waals surface area contributed by atoms with Gasteiger partial charge in [0.2, 0.25) is 0 Å². The molecule has 0 aliphatic carbocycles. The van der Waals surface area contributed by atoms with Gasteiger partial charge in [-0.05, 0) is 43.5 Å². The average molecular weight is 376 g/mol. The van der Waals surface area contributed by atoms with E-state index in [0.717, 1.165) is 31.9 Å². The van der Waals surface area contributed by atoms with E-state index < -0.39 is 11.7 Å². The lowest BCUT2D eigenvalue weighted by molar-refractivity contribution is -0.169. The van der Waals surface area contributed by atoms with Crippen LogP contribution in [0.4, 0.5) is 13.2 Å². The SMILES string of the molecule is O=C(c1ccc(-c2ncccc2C(F)(F)F)cc1)N1CCC2(CCO2)CC1. The number of piperidine rings is 1. The van der Waals surface area contributed by atoms with Gasteiger partial charge in [0.15, 0.2) is 0 Å². The summed E-state index contributed by atoms with van der Waals surface area (Å²) in [6.07, 6.45) is -0.435. The van der Waals surface area contributed by atoms with Crippen LogP contribution in [0.2, 0.25) is 0 Å². The van der Waals surface area contributed by atoms with Gasteiger partial charge in [-0.3, -0.25) is 9.78 Å². The molecular formula is C20H19F3N2O2. The van der Waals surface area contributed by atoms with Crippen molar-refractivity contribution in [3.63, 3.8) is 0 Å². The molecule has 7 heteroatoms. The first-order chi connectivity index (χ1) is 12.9. The molecule has 0 saturated carbocycles. The smallest absolute Gasteiger partial charge is 0.375 e. The molecule has 1 aromatic carbocycles. The summed E-state index contributed by atoms with van der Waals surface area (Å²) >= 11 is 0. The highest BCUT2D eigenvalue weighted by Crippen LogP contribution is 2.37. The number of nitrogens with zero attached hydrogens (tertiary/aromatic N) is 2. The van der Waals surface area contributed by atoms with Crippen LogP contribution in [-0.2, 0) is 10.9 Å². The topological polar surface area (TPSA) is 42.4 Å². The number of likely N-dealkylation sites (tertiary alicyclic amines) is 1. The number of ether oxygens (including phenoxy) is 1. The molecule has 2 fully saturated rings. The summed E-state index contributed by atoms with van der Waals surface area (Å²) < 4.78 is 45.2. The summed E-state index contributed by atoms with van der Waals surface area (Å²) in [5, 5.41) is 0. The Labute approximate surface area is 155 Å². The molecule has 2 saturated heterocycles. The van der Waals surface area contributed by atoms with Crippen molar-refractivity contribution < 1.29 is 22.7 Å². The van der Waals surface area contributed by atoms with Gasteiger partial charge in [0.05, 0.1) is 23.5 Å². The number of amides is 1. The molecule has 2 aromatic rings. The van der Waals surface area contributed by atoms with Gasteiger partial charge >= 0.3 is 6.18 Å². The molecule has 4 nitrogen and oxygen atoms in total. The Kier molecular flexibility index (Phi) is 4.42. The number of benzene rings is 1. The summed E-state index contributed by atoms with van der Waals surface area (Å²) in [6.45, 7) is 2.07. The third-order valence-corrected chi connectivity index (χ3v) is 5.45. The lowest BCUT2D eigenvalue weighted by Gasteiger charge is -2.47. The Bertz CT molecular complexity index is 835. The number of hydrogen-bond acceptors (Lipinski definition) is 3. The maximum Gasteiger partial charge on any atom is 0.418 e. The number of alkyl halides is 3. The highest BCUT2D eigenvalue weighted by atomic mass is 19.4. The first-order valence-electron chi connectivity index (χ1n) is 8.94. The molecule has 1 aromatic heterocycles. The minimum absolute atomic E-state index is 0.0341. The van der Waals surface area contributed by atoms with Crippen LogP contribution in [0, 0.1) is 0 Å². The van der Waals surface area contributed by atoms with E-state index in [1.54, 1.807) is 17.0 Å². The number of carbonyl (C=O) groups excluding carboxylic acids is 1. The second-order valence-corrected chi connectivity index (χ2v) is 7.05. The van der Waals surface area contributed by atoms with Gasteiger partial charge in [-0.2, -0.15) is 13.2 Å². The third kappa shape index (κ3) is 3.43. The highest BCUT2D eigenvalue weighted by Gasteiger charge is 2.42. The predicted octanol–water partition coefficient (Wildman–Crippen LogP) is 4.16. The van der Waals surface area contributed by atoms with Crippen molar-refractivity contribution in [1.29, 1.82) is 0 Å². The molecule has 0 bridgehead atoms. The maximum atomic E-state index is 13.2. The standard InChI is InChI=1S/C20H19F3N2O2/c21-20(22,23)16-2-1-10-24-17(16)14-3-5-15(6-4-14)18(26)25-11-7-19(8-12-25)9-13-27-19/h1-6,10H,7-9,11-13H2. The molecular weight excluding hydrogens is 357 g/mol. The number of hydrogen-bond donors (Lipinski definition) is 0. The fourth-order valence-electron chi connectivity index (χ4n) is 3.72. The molecule has 0 unspecified atom stereocenters. The van der Waals surface area contributed by atoms with Gasteiger partial charge in [0.25, 0.3) is 5.91 Å². The average Bonchev–Trinajstić information content (AvgIpc) is 2.66. The zero-order valence-corrected chi connectivity index (χ0v) is 14.6. The van der Waals surface area contributed by atoms with E-state index in [4.69, 9.17) is 4.74 Å². The number of rotatable bonds is 2. The van der Waals surface area contributed by atoms with Crippen LogP contribution >= 0.6 is 0 Å². The minimum Gasteiger partial charge on any atom is -0.375 e. The van der Waals surface area contributed by atoms with Gasteiger partial charge < -0.3 is 9.64 Å². The van der Waals surface area contributed by atoms with E-state index >= 15 is 0 Å². The van der Waals surface area contributed by atoms with Crippen molar-refractivity contribution >= 4 is 5.91 Å². The van der Waals surface area contributed by atoms with Gasteiger partial charge in [0, 0.05) is 30.4 Å². The predicted molar refractivity (Wildman–Crippen MR) is 93.1 cm³/mol. The van der Waals surface area contributed by atoms with Crippen LogP contribution in [0.3, 0.4) is 0 Å². The van der Waals surface area contributed by atoms with E-state index in [1.807, 2.05) is 0 Å². The zero-order chi connectivity index (χ0) is 19.1. The molecule has 1 spiro atoms. The Morgan fingerprint density at radius 3 is 2.30 bits per heavy atom. The van der Waals surface area contributed by atoms with Crippen molar-refractivity contribution in [2.45, 2.75) is 31.0 Å². The van der Waals surface area contributed by atoms with E-state index in [2.05, 4.69) is 4.98 Å². The van der Waals surface area contributed by atoms with Crippen LogP contribution in [0.15, 0.2) is 42.6 Å². The molecule has 3 heterocycles. The Morgan fingerprint density at radius 1 is 1.07 bits per heavy atom. The minimum atomic E-state index is -4.48. The lowest BCUT2D eigenvalue weighted by atomic mass is 9.84. The van der Waals surface area contributed by atoms with Gasteiger partial charge in [-0.25, -0.2) is 0 Å². The molecule has 142 valence electrons. The summed E-state index contributed by atoms with van der Waals surface area (Å²) in [6, 6.07) is 8.44. The summed E-state index contributed by atoms with van der Waals surface area (Å²) in [7, 11) is 0. The highest BCUT2D eigenvalue weighted by molar-refractivity contribution is 5.94. The Morgan fingerprint density at radius 2 is 1.74 bits per heavy atom. The molecule has 1 amide bonds. The number of aromatic nitrogens is 1. The first-order valence-corrected chi connectivity index (χ1v) is 8.94. The fourth-order valence-corrected chi connectivity index (χ4v) is 3.72. The Balaban J connectivity index is 1.51. The van der Waals surface area contributed by atoms with E-state index in [9.17, 15) is 18.0 Å². The van der Waals surface area contributed by atoms with Crippen LogP contribution in [-0.4, -0.2) is 41.1 Å². The molecule has 0 atom stereocenters. The third-order valence-electron chi connectivity index (χ3n) is 5.45. The summed E-state index contributed by atoms with van der Waals surface area (Å²) in [5.41, 5.74) is -0.154. The van der Waals surface area contributed by atoms with Crippen LogP contribution < -0.4 is 0 Å². The second kappa shape index (κ2) is 6.64. The zero-order valence-electron chi connectivity index (χ0n) is 14.6. The summed E-state index contributed by atoms with van der Waals surface area (Å²) in [5.74, 6) is -0.104.